The van der Waals surface area contributed by atoms with Crippen molar-refractivity contribution >= 4 is 68.2 Å². The van der Waals surface area contributed by atoms with Gasteiger partial charge in [0, 0.05) is 32.0 Å². The lowest BCUT2D eigenvalue weighted by Crippen LogP contribution is -2.34. The molecule has 1 unspecified atom stereocenters. The van der Waals surface area contributed by atoms with E-state index in [1.807, 2.05) is 0 Å². The first-order chi connectivity index (χ1) is 14.9. The number of aromatic nitrogens is 1. The summed E-state index contributed by atoms with van der Waals surface area (Å²) in [5.41, 5.74) is 2.11. The summed E-state index contributed by atoms with van der Waals surface area (Å²) in [5, 5.41) is 6.69. The summed E-state index contributed by atoms with van der Waals surface area (Å²) >= 11 is 17.3. The lowest BCUT2D eigenvalue weighted by molar-refractivity contribution is -0.140. The monoisotopic (exact) mass is 545 g/mol. The summed E-state index contributed by atoms with van der Waals surface area (Å²) in [6, 6.07) is 4.30. The van der Waals surface area contributed by atoms with Crippen molar-refractivity contribution < 1.29 is 19.1 Å². The lowest BCUT2D eigenvalue weighted by atomic mass is 9.96. The van der Waals surface area contributed by atoms with Crippen LogP contribution in [0, 0.1) is 0 Å². The van der Waals surface area contributed by atoms with E-state index in [0.717, 1.165) is 0 Å². The number of hydrogen-bond donors (Lipinski definition) is 1. The Bertz CT molecular complexity index is 1070. The van der Waals surface area contributed by atoms with Crippen LogP contribution in [-0.2, 0) is 25.5 Å². The van der Waals surface area contributed by atoms with E-state index in [1.165, 1.54) is 18.4 Å². The molecule has 11 heteroatoms. The number of benzene rings is 1. The van der Waals surface area contributed by atoms with Gasteiger partial charge in [-0.3, -0.25) is 9.79 Å². The van der Waals surface area contributed by atoms with Crippen molar-refractivity contribution in [1.29, 1.82) is 0 Å². The molecule has 1 atom stereocenters. The molecule has 0 saturated carbocycles. The normalized spacial score (nSPS) is 15.9. The maximum absolute atomic E-state index is 12.8. The van der Waals surface area contributed by atoms with E-state index >= 15 is 0 Å². The fraction of sp³-hybridized carbons (Fsp3) is 0.300. The van der Waals surface area contributed by atoms with Crippen LogP contribution in [0.3, 0.4) is 0 Å². The molecule has 1 N–H and O–H groups in total. The van der Waals surface area contributed by atoms with Crippen LogP contribution in [0.5, 0.6) is 0 Å². The topological polar surface area (TPSA) is 89.9 Å². The Morgan fingerprint density at radius 3 is 2.74 bits per heavy atom. The van der Waals surface area contributed by atoms with Gasteiger partial charge in [-0.2, -0.15) is 0 Å². The molecule has 3 rings (SSSR count). The smallest absolute Gasteiger partial charge is 0.338 e. The lowest BCUT2D eigenvalue weighted by Gasteiger charge is -2.26. The Morgan fingerprint density at radius 2 is 2.10 bits per heavy atom. The number of carbonyl (C=O) groups is 2. The summed E-state index contributed by atoms with van der Waals surface area (Å²) in [7, 11) is 1.33. The van der Waals surface area contributed by atoms with Crippen molar-refractivity contribution in [1.82, 2.24) is 10.3 Å². The van der Waals surface area contributed by atoms with E-state index in [1.54, 1.807) is 30.5 Å². The number of hydrogen-bond acceptors (Lipinski definition) is 8. The van der Waals surface area contributed by atoms with Crippen molar-refractivity contribution in [3.05, 3.63) is 61.2 Å². The average molecular weight is 547 g/mol. The molecule has 0 fully saturated rings. The van der Waals surface area contributed by atoms with Crippen molar-refractivity contribution in [3.63, 3.8) is 0 Å². The molecule has 31 heavy (non-hydrogen) atoms. The van der Waals surface area contributed by atoms with E-state index in [0.29, 0.717) is 48.7 Å². The van der Waals surface area contributed by atoms with Crippen LogP contribution in [0.25, 0.3) is 0 Å². The number of aliphatic imine (C=N–C) groups is 1. The highest BCUT2D eigenvalue weighted by Gasteiger charge is 2.33. The number of rotatable bonds is 7. The molecule has 0 amide bonds. The fourth-order valence-corrected chi connectivity index (χ4v) is 4.65. The van der Waals surface area contributed by atoms with Gasteiger partial charge in [0.25, 0.3) is 0 Å². The zero-order chi connectivity index (χ0) is 22.5. The van der Waals surface area contributed by atoms with Gasteiger partial charge in [-0.1, -0.05) is 45.2 Å². The number of esters is 2. The van der Waals surface area contributed by atoms with Crippen LogP contribution in [0.2, 0.25) is 10.0 Å². The molecule has 1 aromatic heterocycles. The van der Waals surface area contributed by atoms with E-state index in [9.17, 15) is 9.59 Å². The number of nitrogens with one attached hydrogen (secondary N) is 1. The van der Waals surface area contributed by atoms with Gasteiger partial charge in [0.05, 0.1) is 31.4 Å². The number of thiazole rings is 1. The molecular formula is C20H18BrCl2N3O4S. The molecule has 0 saturated heterocycles. The summed E-state index contributed by atoms with van der Waals surface area (Å²) in [4.78, 5) is 33.6. The van der Waals surface area contributed by atoms with Gasteiger partial charge in [0.2, 0.25) is 0 Å². The molecule has 164 valence electrons. The fourth-order valence-electron chi connectivity index (χ4n) is 2.92. The standard InChI is InChI=1S/C20H18BrCl2N3O4S/c1-3-30-20(28)16-14(8-21)25-18(19-24-11(9-31-19)7-15(27)29-2)26-17(16)12-5-4-10(22)6-13(12)23/h4-6,9,17H,3,7-8H2,1-2H3,(H,25,26). The highest BCUT2D eigenvalue weighted by molar-refractivity contribution is 9.09. The third kappa shape index (κ3) is 5.46. The highest BCUT2D eigenvalue weighted by Crippen LogP contribution is 2.37. The summed E-state index contributed by atoms with van der Waals surface area (Å²) in [6.45, 7) is 1.96. The first-order valence-electron chi connectivity index (χ1n) is 9.15. The molecule has 0 bridgehead atoms. The number of ether oxygens (including phenoxy) is 2. The number of allylic oxidation sites excluding steroid dienone is 1. The second-order valence-corrected chi connectivity index (χ2v) is 8.58. The SMILES string of the molecule is CCOC(=O)C1=C(CBr)NC(c2nc(CC(=O)OC)cs2)=NC1c1ccc(Cl)cc1Cl. The predicted molar refractivity (Wildman–Crippen MR) is 124 cm³/mol. The van der Waals surface area contributed by atoms with E-state index in [2.05, 4.69) is 26.2 Å². The average Bonchev–Trinajstić information content (AvgIpc) is 3.21. The first-order valence-corrected chi connectivity index (χ1v) is 11.9. The van der Waals surface area contributed by atoms with Gasteiger partial charge in [-0.15, -0.1) is 11.3 Å². The second kappa shape index (κ2) is 10.6. The van der Waals surface area contributed by atoms with Crippen LogP contribution in [0.4, 0.5) is 0 Å². The molecular weight excluding hydrogens is 529 g/mol. The summed E-state index contributed by atoms with van der Waals surface area (Å²) in [6.07, 6.45) is 0.0575. The highest BCUT2D eigenvalue weighted by atomic mass is 79.9. The van der Waals surface area contributed by atoms with Crippen LogP contribution in [0.15, 0.2) is 39.8 Å². The predicted octanol–water partition coefficient (Wildman–Crippen LogP) is 4.47. The Morgan fingerprint density at radius 1 is 1.32 bits per heavy atom. The molecule has 0 radical (unpaired) electrons. The Hall–Kier alpha value is -1.94. The number of alkyl halides is 1. The largest absolute Gasteiger partial charge is 0.469 e. The van der Waals surface area contributed by atoms with Crippen molar-refractivity contribution in [2.24, 2.45) is 4.99 Å². The molecule has 1 aliphatic rings. The molecule has 0 spiro atoms. The molecule has 1 aliphatic heterocycles. The van der Waals surface area contributed by atoms with Gasteiger partial charge < -0.3 is 14.8 Å². The third-order valence-corrected chi connectivity index (χ3v) is 6.34. The van der Waals surface area contributed by atoms with Crippen LogP contribution >= 0.6 is 50.5 Å². The zero-order valence-corrected chi connectivity index (χ0v) is 20.5. The van der Waals surface area contributed by atoms with Gasteiger partial charge in [0.15, 0.2) is 10.8 Å². The number of amidine groups is 1. The maximum Gasteiger partial charge on any atom is 0.338 e. The second-order valence-electron chi connectivity index (χ2n) is 6.31. The number of halogens is 3. The number of methoxy groups -OCH3 is 1. The Labute approximate surface area is 201 Å². The van der Waals surface area contributed by atoms with Crippen molar-refractivity contribution in [2.45, 2.75) is 19.4 Å². The minimum atomic E-state index is -0.722. The molecule has 7 nitrogen and oxygen atoms in total. The van der Waals surface area contributed by atoms with Crippen LogP contribution < -0.4 is 5.32 Å². The van der Waals surface area contributed by atoms with Crippen molar-refractivity contribution in [3.8, 4) is 0 Å². The molecule has 2 aromatic rings. The van der Waals surface area contributed by atoms with Crippen molar-refractivity contribution in [2.75, 3.05) is 19.0 Å². The molecule has 0 aliphatic carbocycles. The van der Waals surface area contributed by atoms with Gasteiger partial charge in [0.1, 0.15) is 6.04 Å². The number of nitrogens with zero attached hydrogens (tertiary/aromatic N) is 2. The maximum atomic E-state index is 12.8. The summed E-state index contributed by atoms with van der Waals surface area (Å²) in [5.74, 6) is -0.416. The number of carbonyl (C=O) groups excluding carboxylic acids is 2. The quantitative estimate of drug-likeness (QED) is 0.407. The Balaban J connectivity index is 2.07. The minimum absolute atomic E-state index is 0.0575. The van der Waals surface area contributed by atoms with E-state index in [4.69, 9.17) is 37.7 Å². The summed E-state index contributed by atoms with van der Waals surface area (Å²) < 4.78 is 9.96. The van der Waals surface area contributed by atoms with Gasteiger partial charge in [-0.05, 0) is 19.1 Å². The van der Waals surface area contributed by atoms with E-state index in [-0.39, 0.29) is 19.0 Å². The van der Waals surface area contributed by atoms with Gasteiger partial charge >= 0.3 is 11.9 Å². The zero-order valence-electron chi connectivity index (χ0n) is 16.6. The third-order valence-electron chi connectivity index (χ3n) is 4.32. The molecule has 2 heterocycles. The van der Waals surface area contributed by atoms with Crippen LogP contribution in [0.1, 0.15) is 29.2 Å². The van der Waals surface area contributed by atoms with E-state index < -0.39 is 12.0 Å². The van der Waals surface area contributed by atoms with Gasteiger partial charge in [-0.25, -0.2) is 9.78 Å². The minimum Gasteiger partial charge on any atom is -0.469 e. The molecule has 1 aromatic carbocycles. The Kier molecular flexibility index (Phi) is 8.10. The first kappa shape index (κ1) is 23.7. The van der Waals surface area contributed by atoms with Crippen LogP contribution in [-0.4, -0.2) is 41.8 Å².